The van der Waals surface area contributed by atoms with E-state index in [-0.39, 0.29) is 6.61 Å². The van der Waals surface area contributed by atoms with Crippen LogP contribution in [0.15, 0.2) is 24.3 Å². The molecule has 0 aromatic heterocycles. The molecule has 1 aromatic carbocycles. The lowest BCUT2D eigenvalue weighted by molar-refractivity contribution is 0.217. The van der Waals surface area contributed by atoms with Crippen LogP contribution in [0.5, 0.6) is 0 Å². The molecule has 82 valence electrons. The fourth-order valence-corrected chi connectivity index (χ4v) is 1.41. The van der Waals surface area contributed by atoms with Gasteiger partial charge in [-0.3, -0.25) is 4.90 Å². The number of likely N-dealkylation sites (N-methyl/N-ethyl adjacent to an activating group) is 1. The lowest BCUT2D eigenvalue weighted by atomic mass is 9.79. The maximum Gasteiger partial charge on any atom is 0.488 e. The van der Waals surface area contributed by atoms with Crippen molar-refractivity contribution in [1.29, 1.82) is 0 Å². The first-order valence-corrected chi connectivity index (χ1v) is 4.88. The number of aliphatic hydroxyl groups excluding tert-OH is 1. The van der Waals surface area contributed by atoms with Crippen molar-refractivity contribution in [3.05, 3.63) is 29.8 Å². The van der Waals surface area contributed by atoms with E-state index in [9.17, 15) is 0 Å². The monoisotopic (exact) mass is 209 g/mol. The Hall–Kier alpha value is -0.875. The zero-order chi connectivity index (χ0) is 11.3. The molecule has 0 saturated heterocycles. The maximum absolute atomic E-state index is 8.99. The predicted molar refractivity (Wildman–Crippen MR) is 59.7 cm³/mol. The van der Waals surface area contributed by atoms with Gasteiger partial charge in [-0.1, -0.05) is 24.3 Å². The van der Waals surface area contributed by atoms with Crippen molar-refractivity contribution >= 4 is 12.6 Å². The number of benzene rings is 1. The van der Waals surface area contributed by atoms with Crippen molar-refractivity contribution in [1.82, 2.24) is 4.90 Å². The summed E-state index contributed by atoms with van der Waals surface area (Å²) in [6.45, 7) is 1.41. The molecule has 0 unspecified atom stereocenters. The van der Waals surface area contributed by atoms with Crippen molar-refractivity contribution < 1.29 is 15.2 Å². The first-order valence-electron chi connectivity index (χ1n) is 4.88. The standard InChI is InChI=1S/C10H16BNO3/c1-12(5-6-13)8-9-3-2-4-10(7-9)11(14)15/h2-4,7,13-15H,5-6,8H2,1H3. The van der Waals surface area contributed by atoms with Gasteiger partial charge in [0.2, 0.25) is 0 Å². The van der Waals surface area contributed by atoms with Gasteiger partial charge in [0.15, 0.2) is 0 Å². The van der Waals surface area contributed by atoms with Crippen molar-refractivity contribution in [2.24, 2.45) is 0 Å². The molecule has 0 aliphatic heterocycles. The summed E-state index contributed by atoms with van der Waals surface area (Å²) < 4.78 is 0. The Labute approximate surface area is 89.9 Å². The van der Waals surface area contributed by atoms with Crippen molar-refractivity contribution in [3.8, 4) is 0 Å². The second-order valence-electron chi connectivity index (χ2n) is 3.58. The summed E-state index contributed by atoms with van der Waals surface area (Å²) >= 11 is 0. The van der Waals surface area contributed by atoms with E-state index in [1.54, 1.807) is 18.2 Å². The van der Waals surface area contributed by atoms with E-state index in [1.807, 2.05) is 18.0 Å². The molecule has 5 heteroatoms. The fourth-order valence-electron chi connectivity index (χ4n) is 1.41. The molecule has 1 aromatic rings. The minimum atomic E-state index is -1.42. The highest BCUT2D eigenvalue weighted by molar-refractivity contribution is 6.58. The molecule has 15 heavy (non-hydrogen) atoms. The fraction of sp³-hybridized carbons (Fsp3) is 0.400. The van der Waals surface area contributed by atoms with Crippen LogP contribution >= 0.6 is 0 Å². The molecule has 3 N–H and O–H groups in total. The minimum Gasteiger partial charge on any atom is -0.423 e. The van der Waals surface area contributed by atoms with E-state index in [0.717, 1.165) is 5.56 Å². The van der Waals surface area contributed by atoms with Crippen LogP contribution in [0.25, 0.3) is 0 Å². The van der Waals surface area contributed by atoms with Crippen molar-refractivity contribution in [2.45, 2.75) is 6.54 Å². The zero-order valence-electron chi connectivity index (χ0n) is 8.80. The van der Waals surface area contributed by atoms with Crippen LogP contribution in [-0.4, -0.2) is 47.4 Å². The van der Waals surface area contributed by atoms with Crippen molar-refractivity contribution in [3.63, 3.8) is 0 Å². The number of nitrogens with zero attached hydrogens (tertiary/aromatic N) is 1. The Morgan fingerprint density at radius 3 is 2.67 bits per heavy atom. The van der Waals surface area contributed by atoms with Crippen molar-refractivity contribution in [2.75, 3.05) is 20.2 Å². The lowest BCUT2D eigenvalue weighted by Crippen LogP contribution is -2.30. The van der Waals surface area contributed by atoms with Crippen LogP contribution in [0.4, 0.5) is 0 Å². The highest BCUT2D eigenvalue weighted by atomic mass is 16.4. The molecular formula is C10H16BNO3. The first-order chi connectivity index (χ1) is 7.13. The summed E-state index contributed by atoms with van der Waals surface area (Å²) in [7, 11) is 0.478. The minimum absolute atomic E-state index is 0.124. The molecule has 0 amide bonds. The number of aliphatic hydroxyl groups is 1. The molecule has 4 nitrogen and oxygen atoms in total. The summed E-state index contributed by atoms with van der Waals surface area (Å²) in [5.74, 6) is 0. The third kappa shape index (κ3) is 4.01. The second kappa shape index (κ2) is 5.87. The van der Waals surface area contributed by atoms with Gasteiger partial charge in [-0.2, -0.15) is 0 Å². The summed E-state index contributed by atoms with van der Waals surface area (Å²) in [5.41, 5.74) is 1.49. The average molecular weight is 209 g/mol. The topological polar surface area (TPSA) is 63.9 Å². The molecule has 0 aliphatic rings. The lowest BCUT2D eigenvalue weighted by Gasteiger charge is -2.15. The predicted octanol–water partition coefficient (Wildman–Crippen LogP) is -1.21. The van der Waals surface area contributed by atoms with Crippen LogP contribution in [0.2, 0.25) is 0 Å². The Morgan fingerprint density at radius 2 is 2.07 bits per heavy atom. The Bertz CT molecular complexity index is 306. The van der Waals surface area contributed by atoms with Crippen LogP contribution in [0.3, 0.4) is 0 Å². The second-order valence-corrected chi connectivity index (χ2v) is 3.58. The normalized spacial score (nSPS) is 10.7. The molecule has 0 aliphatic carbocycles. The van der Waals surface area contributed by atoms with Gasteiger partial charge >= 0.3 is 7.12 Å². The van der Waals surface area contributed by atoms with Gasteiger partial charge in [-0.25, -0.2) is 0 Å². The summed E-state index contributed by atoms with van der Waals surface area (Å²) in [6.07, 6.45) is 0. The molecule has 0 fully saturated rings. The molecule has 0 atom stereocenters. The van der Waals surface area contributed by atoms with Gasteiger partial charge in [0, 0.05) is 13.1 Å². The molecule has 0 heterocycles. The van der Waals surface area contributed by atoms with E-state index in [0.29, 0.717) is 18.6 Å². The molecule has 0 saturated carbocycles. The van der Waals surface area contributed by atoms with Gasteiger partial charge in [0.25, 0.3) is 0 Å². The van der Waals surface area contributed by atoms with E-state index in [1.165, 1.54) is 0 Å². The van der Waals surface area contributed by atoms with E-state index in [2.05, 4.69) is 0 Å². The zero-order valence-corrected chi connectivity index (χ0v) is 8.80. The third-order valence-corrected chi connectivity index (χ3v) is 2.18. The molecule has 0 spiro atoms. The Balaban J connectivity index is 2.65. The first kappa shape index (κ1) is 12.2. The Morgan fingerprint density at radius 1 is 1.33 bits per heavy atom. The molecule has 0 radical (unpaired) electrons. The Kier molecular flexibility index (Phi) is 4.78. The van der Waals surface area contributed by atoms with E-state index in [4.69, 9.17) is 15.2 Å². The van der Waals surface area contributed by atoms with Crippen LogP contribution in [0.1, 0.15) is 5.56 Å². The molecular weight excluding hydrogens is 193 g/mol. The third-order valence-electron chi connectivity index (χ3n) is 2.18. The quantitative estimate of drug-likeness (QED) is 0.532. The smallest absolute Gasteiger partial charge is 0.423 e. The number of hydrogen-bond acceptors (Lipinski definition) is 4. The number of hydrogen-bond donors (Lipinski definition) is 3. The highest BCUT2D eigenvalue weighted by Crippen LogP contribution is 2.01. The van der Waals surface area contributed by atoms with Crippen LogP contribution in [-0.2, 0) is 6.54 Å². The summed E-state index contributed by atoms with van der Waals surface area (Å²) in [5, 5.41) is 26.7. The molecule has 0 bridgehead atoms. The van der Waals surface area contributed by atoms with Gasteiger partial charge in [-0.05, 0) is 18.1 Å². The SMILES string of the molecule is CN(CCO)Cc1cccc(B(O)O)c1. The van der Waals surface area contributed by atoms with E-state index < -0.39 is 7.12 Å². The molecule has 1 rings (SSSR count). The average Bonchev–Trinajstić information content (AvgIpc) is 2.18. The summed E-state index contributed by atoms with van der Waals surface area (Å²) in [4.78, 5) is 1.96. The highest BCUT2D eigenvalue weighted by Gasteiger charge is 2.10. The van der Waals surface area contributed by atoms with Gasteiger partial charge in [0.05, 0.1) is 6.61 Å². The van der Waals surface area contributed by atoms with Gasteiger partial charge < -0.3 is 15.2 Å². The van der Waals surface area contributed by atoms with E-state index >= 15 is 0 Å². The maximum atomic E-state index is 8.99. The number of rotatable bonds is 5. The van der Waals surface area contributed by atoms with Gasteiger partial charge in [-0.15, -0.1) is 0 Å². The van der Waals surface area contributed by atoms with Crippen LogP contribution < -0.4 is 5.46 Å². The largest absolute Gasteiger partial charge is 0.488 e. The van der Waals surface area contributed by atoms with Gasteiger partial charge in [0.1, 0.15) is 0 Å². The summed E-state index contributed by atoms with van der Waals surface area (Å²) in [6, 6.07) is 7.12. The van der Waals surface area contributed by atoms with Crippen LogP contribution in [0, 0.1) is 0 Å².